The fraction of sp³-hybridized carbons (Fsp3) is 0.346. The van der Waals surface area contributed by atoms with Crippen LogP contribution in [0.5, 0.6) is 0 Å². The third-order valence-corrected chi connectivity index (χ3v) is 6.55. The van der Waals surface area contributed by atoms with E-state index >= 15 is 0 Å². The summed E-state index contributed by atoms with van der Waals surface area (Å²) in [6, 6.07) is 14.9. The Balaban J connectivity index is 1.15. The molecule has 5 rings (SSSR count). The van der Waals surface area contributed by atoms with Crippen molar-refractivity contribution in [2.24, 2.45) is 0 Å². The van der Waals surface area contributed by atoms with Gasteiger partial charge >= 0.3 is 0 Å². The molecule has 3 heterocycles. The molecule has 2 aliphatic heterocycles. The summed E-state index contributed by atoms with van der Waals surface area (Å²) in [4.78, 5) is 20.7. The monoisotopic (exact) mass is 414 g/mol. The number of piperazine rings is 1. The predicted molar refractivity (Wildman–Crippen MR) is 129 cm³/mol. The van der Waals surface area contributed by atoms with Gasteiger partial charge in [-0.2, -0.15) is 0 Å². The zero-order chi connectivity index (χ0) is 21.4. The number of benzene rings is 2. The van der Waals surface area contributed by atoms with E-state index < -0.39 is 0 Å². The van der Waals surface area contributed by atoms with Crippen molar-refractivity contribution >= 4 is 33.8 Å². The number of nitrogens with zero attached hydrogens (tertiary/aromatic N) is 2. The van der Waals surface area contributed by atoms with Gasteiger partial charge in [0.2, 0.25) is 0 Å². The van der Waals surface area contributed by atoms with Gasteiger partial charge in [-0.15, -0.1) is 0 Å². The second-order valence-electron chi connectivity index (χ2n) is 8.86. The van der Waals surface area contributed by atoms with E-state index in [1.54, 1.807) is 0 Å². The van der Waals surface area contributed by atoms with Gasteiger partial charge in [0.1, 0.15) is 0 Å². The number of anilines is 2. The summed E-state index contributed by atoms with van der Waals surface area (Å²) in [7, 11) is 0. The zero-order valence-corrected chi connectivity index (χ0v) is 18.4. The molecule has 0 spiro atoms. The van der Waals surface area contributed by atoms with Crippen LogP contribution in [0.1, 0.15) is 31.4 Å². The second-order valence-corrected chi connectivity index (χ2v) is 8.86. The molecule has 160 valence electrons. The van der Waals surface area contributed by atoms with Gasteiger partial charge in [-0.05, 0) is 57.0 Å². The molecule has 31 heavy (non-hydrogen) atoms. The maximum atomic E-state index is 12.2. The summed E-state index contributed by atoms with van der Waals surface area (Å²) in [5, 5.41) is 4.29. The summed E-state index contributed by atoms with van der Waals surface area (Å²) < 4.78 is 0. The Morgan fingerprint density at radius 2 is 1.84 bits per heavy atom. The Hall–Kier alpha value is -3.05. The molecule has 5 nitrogen and oxygen atoms in total. The summed E-state index contributed by atoms with van der Waals surface area (Å²) in [6.07, 6.45) is 4.33. The highest BCUT2D eigenvalue weighted by Gasteiger charge is 2.25. The number of allylic oxidation sites excluding steroid dienone is 1. The van der Waals surface area contributed by atoms with Gasteiger partial charge in [-0.25, -0.2) is 0 Å². The highest BCUT2D eigenvalue weighted by molar-refractivity contribution is 6.32. The fourth-order valence-corrected chi connectivity index (χ4v) is 4.90. The highest BCUT2D eigenvalue weighted by Crippen LogP contribution is 2.34. The van der Waals surface area contributed by atoms with E-state index in [4.69, 9.17) is 0 Å². The lowest BCUT2D eigenvalue weighted by molar-refractivity contribution is -0.110. The van der Waals surface area contributed by atoms with Crippen LogP contribution in [0, 0.1) is 0 Å². The topological polar surface area (TPSA) is 51.4 Å². The lowest BCUT2D eigenvalue weighted by atomic mass is 9.99. The number of H-pyrrole nitrogens is 1. The molecule has 1 aromatic heterocycles. The lowest BCUT2D eigenvalue weighted by Crippen LogP contribution is -2.46. The number of aryl methyl sites for hydroxylation is 1. The third-order valence-electron chi connectivity index (χ3n) is 6.55. The number of carbonyl (C=O) groups is 1. The zero-order valence-electron chi connectivity index (χ0n) is 18.4. The minimum atomic E-state index is 0.0280. The number of carbonyl (C=O) groups excluding carboxylic acids is 1. The second kappa shape index (κ2) is 8.23. The average Bonchev–Trinajstić information content (AvgIpc) is 3.34. The minimum Gasteiger partial charge on any atom is -0.367 e. The van der Waals surface area contributed by atoms with Crippen LogP contribution >= 0.6 is 0 Å². The number of fused-ring (bicyclic) bond motifs is 2. The predicted octanol–water partition coefficient (Wildman–Crippen LogP) is 4.67. The summed E-state index contributed by atoms with van der Waals surface area (Å²) in [6.45, 7) is 9.47. The third kappa shape index (κ3) is 3.86. The van der Waals surface area contributed by atoms with Crippen molar-refractivity contribution in [2.75, 3.05) is 42.9 Å². The van der Waals surface area contributed by atoms with E-state index in [0.29, 0.717) is 0 Å². The average molecular weight is 415 g/mol. The van der Waals surface area contributed by atoms with Gasteiger partial charge in [0.25, 0.3) is 5.91 Å². The van der Waals surface area contributed by atoms with Gasteiger partial charge < -0.3 is 15.2 Å². The number of hydrogen-bond acceptors (Lipinski definition) is 3. The Morgan fingerprint density at radius 3 is 2.65 bits per heavy atom. The first-order valence-electron chi connectivity index (χ1n) is 11.3. The van der Waals surface area contributed by atoms with Gasteiger partial charge in [-0.3, -0.25) is 9.69 Å². The highest BCUT2D eigenvalue weighted by atomic mass is 16.2. The van der Waals surface area contributed by atoms with Crippen LogP contribution < -0.4 is 10.2 Å². The van der Waals surface area contributed by atoms with Gasteiger partial charge in [0.15, 0.2) is 0 Å². The molecule has 0 saturated carbocycles. The molecule has 1 fully saturated rings. The SMILES string of the molecule is CC(C)=C1C(=O)Nc2ccc(CCCN3CCN(c4c[nH]c5ccccc45)CC3)cc21. The largest absolute Gasteiger partial charge is 0.367 e. The molecule has 2 N–H and O–H groups in total. The van der Waals surface area contributed by atoms with Crippen molar-refractivity contribution in [2.45, 2.75) is 26.7 Å². The molecule has 3 aromatic rings. The maximum Gasteiger partial charge on any atom is 0.256 e. The summed E-state index contributed by atoms with van der Waals surface area (Å²) in [5.74, 6) is 0.0280. The van der Waals surface area contributed by atoms with Crippen molar-refractivity contribution in [3.8, 4) is 0 Å². The molecule has 1 saturated heterocycles. The minimum absolute atomic E-state index is 0.0280. The molecular formula is C26H30N4O. The standard InChI is InChI=1S/C26H30N4O/c1-18(2)25-21-16-19(9-10-23(21)28-26(25)31)6-5-11-29-12-14-30(15-13-29)24-17-27-22-8-4-3-7-20(22)24/h3-4,7-10,16-17,27H,5-6,11-15H2,1-2H3,(H,28,31). The lowest BCUT2D eigenvalue weighted by Gasteiger charge is -2.35. The number of aromatic nitrogens is 1. The van der Waals surface area contributed by atoms with Gasteiger partial charge in [-0.1, -0.05) is 29.8 Å². The van der Waals surface area contributed by atoms with E-state index in [0.717, 1.165) is 68.0 Å². The van der Waals surface area contributed by atoms with Crippen molar-refractivity contribution in [1.82, 2.24) is 9.88 Å². The molecule has 5 heteroatoms. The number of nitrogens with one attached hydrogen (secondary N) is 2. The first-order chi connectivity index (χ1) is 15.1. The van der Waals surface area contributed by atoms with Gasteiger partial charge in [0, 0.05) is 60.1 Å². The number of amides is 1. The fourth-order valence-electron chi connectivity index (χ4n) is 4.90. The molecule has 1 amide bonds. The number of para-hydroxylation sites is 1. The molecular weight excluding hydrogens is 384 g/mol. The number of rotatable bonds is 5. The molecule has 0 atom stereocenters. The number of hydrogen-bond donors (Lipinski definition) is 2. The van der Waals surface area contributed by atoms with Crippen LogP contribution in [0.15, 0.2) is 54.2 Å². The van der Waals surface area contributed by atoms with Crippen LogP contribution in [0.25, 0.3) is 16.5 Å². The Kier molecular flexibility index (Phi) is 5.28. The van der Waals surface area contributed by atoms with Crippen molar-refractivity contribution < 1.29 is 4.79 Å². The van der Waals surface area contributed by atoms with E-state index in [-0.39, 0.29) is 5.91 Å². The molecule has 0 unspecified atom stereocenters. The first kappa shape index (κ1) is 19.9. The van der Waals surface area contributed by atoms with Crippen LogP contribution in [0.3, 0.4) is 0 Å². The molecule has 0 aliphatic carbocycles. The molecule has 0 bridgehead atoms. The van der Waals surface area contributed by atoms with Gasteiger partial charge in [0.05, 0.1) is 5.69 Å². The quantitative estimate of drug-likeness (QED) is 0.597. The Bertz CT molecular complexity index is 1150. The van der Waals surface area contributed by atoms with E-state index in [1.165, 1.54) is 22.2 Å². The van der Waals surface area contributed by atoms with E-state index in [2.05, 4.69) is 68.8 Å². The van der Waals surface area contributed by atoms with Crippen molar-refractivity contribution in [3.05, 3.63) is 65.4 Å². The maximum absolute atomic E-state index is 12.2. The van der Waals surface area contributed by atoms with Crippen LogP contribution in [0.4, 0.5) is 11.4 Å². The normalized spacial score (nSPS) is 16.6. The van der Waals surface area contributed by atoms with E-state index in [1.807, 2.05) is 13.8 Å². The Morgan fingerprint density at radius 1 is 1.03 bits per heavy atom. The summed E-state index contributed by atoms with van der Waals surface area (Å²) in [5.41, 5.74) is 7.76. The summed E-state index contributed by atoms with van der Waals surface area (Å²) >= 11 is 0. The van der Waals surface area contributed by atoms with Crippen LogP contribution in [-0.4, -0.2) is 48.5 Å². The van der Waals surface area contributed by atoms with Crippen LogP contribution in [0.2, 0.25) is 0 Å². The molecule has 2 aromatic carbocycles. The van der Waals surface area contributed by atoms with Crippen molar-refractivity contribution in [1.29, 1.82) is 0 Å². The molecule has 0 radical (unpaired) electrons. The first-order valence-corrected chi connectivity index (χ1v) is 11.3. The smallest absolute Gasteiger partial charge is 0.256 e. The van der Waals surface area contributed by atoms with Crippen LogP contribution in [-0.2, 0) is 11.2 Å². The van der Waals surface area contributed by atoms with Crippen molar-refractivity contribution in [3.63, 3.8) is 0 Å². The Labute approximate surface area is 183 Å². The number of aromatic amines is 1. The molecule has 2 aliphatic rings. The van der Waals surface area contributed by atoms with E-state index in [9.17, 15) is 4.79 Å².